The van der Waals surface area contributed by atoms with Gasteiger partial charge in [0.2, 0.25) is 5.91 Å². The molecule has 4 N–H and O–H groups in total. The molecule has 2 aromatic carbocycles. The van der Waals surface area contributed by atoms with E-state index in [2.05, 4.69) is 10.6 Å². The highest BCUT2D eigenvalue weighted by molar-refractivity contribution is 5.94. The first-order chi connectivity index (χ1) is 11.1. The fraction of sp³-hybridized carbons (Fsp3) is 0.222. The maximum Gasteiger partial charge on any atom is 0.251 e. The predicted molar refractivity (Wildman–Crippen MR) is 89.8 cm³/mol. The molecular weight excluding hydrogens is 290 g/mol. The number of nitrogens with one attached hydrogen (secondary N) is 2. The van der Waals surface area contributed by atoms with Crippen molar-refractivity contribution in [2.24, 2.45) is 5.73 Å². The second-order valence-corrected chi connectivity index (χ2v) is 5.34. The number of amides is 2. The zero-order valence-corrected chi connectivity index (χ0v) is 13.0. The van der Waals surface area contributed by atoms with E-state index in [-0.39, 0.29) is 24.4 Å². The van der Waals surface area contributed by atoms with E-state index in [1.54, 1.807) is 19.1 Å². The first-order valence-electron chi connectivity index (χ1n) is 7.52. The topological polar surface area (TPSA) is 84.2 Å². The smallest absolute Gasteiger partial charge is 0.251 e. The van der Waals surface area contributed by atoms with Crippen LogP contribution in [0.15, 0.2) is 60.7 Å². The highest BCUT2D eigenvalue weighted by atomic mass is 16.2. The Morgan fingerprint density at radius 1 is 1.00 bits per heavy atom. The van der Waals surface area contributed by atoms with Gasteiger partial charge in [-0.3, -0.25) is 9.59 Å². The molecule has 2 amide bonds. The summed E-state index contributed by atoms with van der Waals surface area (Å²) in [6, 6.07) is 17.5. The summed E-state index contributed by atoms with van der Waals surface area (Å²) in [5.41, 5.74) is 7.10. The van der Waals surface area contributed by atoms with E-state index in [0.717, 1.165) is 5.56 Å². The Labute approximate surface area is 135 Å². The van der Waals surface area contributed by atoms with Crippen molar-refractivity contribution in [1.29, 1.82) is 0 Å². The molecule has 0 aliphatic carbocycles. The summed E-state index contributed by atoms with van der Waals surface area (Å²) < 4.78 is 0. The van der Waals surface area contributed by atoms with E-state index in [1.807, 2.05) is 48.5 Å². The Bertz CT molecular complexity index is 642. The molecule has 120 valence electrons. The van der Waals surface area contributed by atoms with Crippen molar-refractivity contribution >= 4 is 11.8 Å². The van der Waals surface area contributed by atoms with E-state index in [4.69, 9.17) is 5.73 Å². The largest absolute Gasteiger partial charge is 0.350 e. The molecule has 0 spiro atoms. The van der Waals surface area contributed by atoms with Gasteiger partial charge in [-0.15, -0.1) is 0 Å². The van der Waals surface area contributed by atoms with Crippen LogP contribution in [0, 0.1) is 0 Å². The first-order valence-corrected chi connectivity index (χ1v) is 7.52. The van der Waals surface area contributed by atoms with Crippen LogP contribution in [0.25, 0.3) is 0 Å². The van der Waals surface area contributed by atoms with Gasteiger partial charge in [-0.25, -0.2) is 0 Å². The van der Waals surface area contributed by atoms with Crippen LogP contribution in [0.3, 0.4) is 0 Å². The lowest BCUT2D eigenvalue weighted by Crippen LogP contribution is -2.44. The highest BCUT2D eigenvalue weighted by Crippen LogP contribution is 2.12. The molecule has 0 fully saturated rings. The van der Waals surface area contributed by atoms with Crippen molar-refractivity contribution in [3.05, 3.63) is 71.8 Å². The monoisotopic (exact) mass is 311 g/mol. The van der Waals surface area contributed by atoms with Gasteiger partial charge in [-0.05, 0) is 24.6 Å². The number of hydrogen-bond acceptors (Lipinski definition) is 3. The number of carbonyl (C=O) groups is 2. The molecule has 0 saturated heterocycles. The Balaban J connectivity index is 2.06. The van der Waals surface area contributed by atoms with Crippen LogP contribution in [-0.2, 0) is 4.79 Å². The van der Waals surface area contributed by atoms with E-state index >= 15 is 0 Å². The van der Waals surface area contributed by atoms with Crippen LogP contribution in [-0.4, -0.2) is 24.4 Å². The van der Waals surface area contributed by atoms with Crippen LogP contribution in [0.5, 0.6) is 0 Å². The summed E-state index contributed by atoms with van der Waals surface area (Å²) in [6.07, 6.45) is 0. The summed E-state index contributed by atoms with van der Waals surface area (Å²) in [7, 11) is 0. The molecule has 5 heteroatoms. The molecule has 0 aliphatic rings. The Morgan fingerprint density at radius 2 is 1.57 bits per heavy atom. The maximum absolute atomic E-state index is 12.2. The normalized spacial score (nSPS) is 13.0. The summed E-state index contributed by atoms with van der Waals surface area (Å²) in [5.74, 6) is -0.436. The van der Waals surface area contributed by atoms with Crippen molar-refractivity contribution < 1.29 is 9.59 Å². The van der Waals surface area contributed by atoms with Crippen LogP contribution in [0.4, 0.5) is 0 Å². The predicted octanol–water partition coefficient (Wildman–Crippen LogP) is 1.62. The fourth-order valence-electron chi connectivity index (χ4n) is 2.13. The maximum atomic E-state index is 12.2. The van der Waals surface area contributed by atoms with Gasteiger partial charge in [-0.2, -0.15) is 0 Å². The molecule has 0 radical (unpaired) electrons. The Kier molecular flexibility index (Phi) is 5.88. The molecule has 0 heterocycles. The third-order valence-electron chi connectivity index (χ3n) is 3.43. The molecule has 0 bridgehead atoms. The van der Waals surface area contributed by atoms with Crippen LogP contribution >= 0.6 is 0 Å². The van der Waals surface area contributed by atoms with Gasteiger partial charge in [0.25, 0.3) is 5.91 Å². The zero-order chi connectivity index (χ0) is 16.7. The highest BCUT2D eigenvalue weighted by Gasteiger charge is 2.17. The molecule has 23 heavy (non-hydrogen) atoms. The molecule has 0 saturated carbocycles. The molecule has 0 aromatic heterocycles. The molecule has 2 unspecified atom stereocenters. The number of carbonyl (C=O) groups excluding carboxylic acids is 2. The van der Waals surface area contributed by atoms with Gasteiger partial charge in [0.1, 0.15) is 0 Å². The molecule has 2 aromatic rings. The van der Waals surface area contributed by atoms with E-state index < -0.39 is 6.04 Å². The van der Waals surface area contributed by atoms with Gasteiger partial charge in [0.05, 0.1) is 12.1 Å². The average molecular weight is 311 g/mol. The third kappa shape index (κ3) is 4.93. The Morgan fingerprint density at radius 3 is 2.13 bits per heavy atom. The summed E-state index contributed by atoms with van der Waals surface area (Å²) in [4.78, 5) is 24.0. The standard InChI is InChI=1S/C18H21N3O2/c1-13(19)17(22)21-16(14-8-4-2-5-9-14)12-20-18(23)15-10-6-3-7-11-15/h2-11,13,16H,12,19H2,1H3,(H,20,23)(H,21,22). The second-order valence-electron chi connectivity index (χ2n) is 5.34. The lowest BCUT2D eigenvalue weighted by Gasteiger charge is -2.21. The van der Waals surface area contributed by atoms with Crippen LogP contribution in [0.2, 0.25) is 0 Å². The van der Waals surface area contributed by atoms with Crippen LogP contribution in [0.1, 0.15) is 28.9 Å². The van der Waals surface area contributed by atoms with Crippen molar-refractivity contribution in [3.63, 3.8) is 0 Å². The minimum atomic E-state index is -0.606. The zero-order valence-electron chi connectivity index (χ0n) is 13.0. The van der Waals surface area contributed by atoms with Crippen molar-refractivity contribution in [1.82, 2.24) is 10.6 Å². The quantitative estimate of drug-likeness (QED) is 0.758. The molecule has 5 nitrogen and oxygen atoms in total. The number of hydrogen-bond donors (Lipinski definition) is 3. The van der Waals surface area contributed by atoms with Gasteiger partial charge in [0.15, 0.2) is 0 Å². The minimum Gasteiger partial charge on any atom is -0.350 e. The van der Waals surface area contributed by atoms with Gasteiger partial charge in [-0.1, -0.05) is 48.5 Å². The molecule has 2 rings (SSSR count). The van der Waals surface area contributed by atoms with Crippen molar-refractivity contribution in [3.8, 4) is 0 Å². The van der Waals surface area contributed by atoms with Crippen LogP contribution < -0.4 is 16.4 Å². The third-order valence-corrected chi connectivity index (χ3v) is 3.43. The Hall–Kier alpha value is -2.66. The molecule has 2 atom stereocenters. The summed E-state index contributed by atoms with van der Waals surface area (Å²) in [6.45, 7) is 1.91. The van der Waals surface area contributed by atoms with Gasteiger partial charge >= 0.3 is 0 Å². The van der Waals surface area contributed by atoms with Gasteiger partial charge in [0, 0.05) is 12.1 Å². The SMILES string of the molecule is CC(N)C(=O)NC(CNC(=O)c1ccccc1)c1ccccc1. The van der Waals surface area contributed by atoms with E-state index in [1.165, 1.54) is 0 Å². The summed E-state index contributed by atoms with van der Waals surface area (Å²) in [5, 5.41) is 5.71. The molecular formula is C18H21N3O2. The van der Waals surface area contributed by atoms with Crippen molar-refractivity contribution in [2.45, 2.75) is 19.0 Å². The lowest BCUT2D eigenvalue weighted by molar-refractivity contribution is -0.122. The average Bonchev–Trinajstić information content (AvgIpc) is 2.59. The fourth-order valence-corrected chi connectivity index (χ4v) is 2.13. The van der Waals surface area contributed by atoms with E-state index in [9.17, 15) is 9.59 Å². The van der Waals surface area contributed by atoms with E-state index in [0.29, 0.717) is 5.56 Å². The van der Waals surface area contributed by atoms with Gasteiger partial charge < -0.3 is 16.4 Å². The second kappa shape index (κ2) is 8.10. The lowest BCUT2D eigenvalue weighted by atomic mass is 10.1. The minimum absolute atomic E-state index is 0.179. The number of benzene rings is 2. The number of rotatable bonds is 6. The summed E-state index contributed by atoms with van der Waals surface area (Å²) >= 11 is 0. The first kappa shape index (κ1) is 16.7. The molecule has 0 aliphatic heterocycles. The van der Waals surface area contributed by atoms with Crippen molar-refractivity contribution in [2.75, 3.05) is 6.54 Å². The number of nitrogens with two attached hydrogens (primary N) is 1.